The SMILES string of the molecule is NCc1cn[nH]c1S(=O)(=O)Nc1cccnn1. The lowest BCUT2D eigenvalue weighted by Gasteiger charge is -2.05. The predicted octanol–water partition coefficient (Wildman–Crippen LogP) is -0.541. The summed E-state index contributed by atoms with van der Waals surface area (Å²) in [5.74, 6) is 0.130. The Labute approximate surface area is 97.3 Å². The van der Waals surface area contributed by atoms with Gasteiger partial charge in [-0.3, -0.25) is 9.82 Å². The summed E-state index contributed by atoms with van der Waals surface area (Å²) in [6, 6.07) is 3.06. The van der Waals surface area contributed by atoms with Crippen molar-refractivity contribution in [1.82, 2.24) is 20.4 Å². The van der Waals surface area contributed by atoms with Crippen LogP contribution in [0, 0.1) is 0 Å². The van der Waals surface area contributed by atoms with Gasteiger partial charge in [-0.15, -0.1) is 5.10 Å². The molecule has 0 aliphatic heterocycles. The third-order valence-corrected chi connectivity index (χ3v) is 3.35. The number of sulfonamides is 1. The van der Waals surface area contributed by atoms with Crippen LogP contribution in [0.5, 0.6) is 0 Å². The van der Waals surface area contributed by atoms with Crippen LogP contribution in [0.15, 0.2) is 29.6 Å². The van der Waals surface area contributed by atoms with E-state index in [0.717, 1.165) is 0 Å². The van der Waals surface area contributed by atoms with Gasteiger partial charge >= 0.3 is 0 Å². The van der Waals surface area contributed by atoms with E-state index in [-0.39, 0.29) is 17.4 Å². The first-order chi connectivity index (χ1) is 8.13. The molecule has 9 heteroatoms. The van der Waals surface area contributed by atoms with E-state index in [1.807, 2.05) is 0 Å². The largest absolute Gasteiger partial charge is 0.326 e. The molecule has 8 nitrogen and oxygen atoms in total. The van der Waals surface area contributed by atoms with Gasteiger partial charge in [0.15, 0.2) is 10.8 Å². The molecule has 0 unspecified atom stereocenters. The molecule has 0 saturated carbocycles. The highest BCUT2D eigenvalue weighted by molar-refractivity contribution is 7.92. The average molecular weight is 254 g/mol. The Hall–Kier alpha value is -2.00. The van der Waals surface area contributed by atoms with E-state index in [1.54, 1.807) is 6.07 Å². The summed E-state index contributed by atoms with van der Waals surface area (Å²) in [7, 11) is -3.76. The highest BCUT2D eigenvalue weighted by atomic mass is 32.2. The van der Waals surface area contributed by atoms with Gasteiger partial charge in [0.05, 0.1) is 6.20 Å². The lowest BCUT2D eigenvalue weighted by Crippen LogP contribution is -2.17. The van der Waals surface area contributed by atoms with Gasteiger partial charge in [-0.1, -0.05) is 0 Å². The first-order valence-electron chi connectivity index (χ1n) is 4.66. The number of nitrogens with two attached hydrogens (primary N) is 1. The molecule has 0 spiro atoms. The molecule has 90 valence electrons. The van der Waals surface area contributed by atoms with Crippen molar-refractivity contribution < 1.29 is 8.42 Å². The van der Waals surface area contributed by atoms with Crippen molar-refractivity contribution in [3.63, 3.8) is 0 Å². The summed E-state index contributed by atoms with van der Waals surface area (Å²) in [5.41, 5.74) is 5.81. The molecule has 2 heterocycles. The fraction of sp³-hybridized carbons (Fsp3) is 0.125. The van der Waals surface area contributed by atoms with Crippen molar-refractivity contribution in [2.75, 3.05) is 4.72 Å². The number of hydrogen-bond donors (Lipinski definition) is 3. The van der Waals surface area contributed by atoms with Crippen molar-refractivity contribution in [2.45, 2.75) is 11.6 Å². The van der Waals surface area contributed by atoms with Gasteiger partial charge in [-0.2, -0.15) is 18.6 Å². The highest BCUT2D eigenvalue weighted by Gasteiger charge is 2.20. The molecular weight excluding hydrogens is 244 g/mol. The topological polar surface area (TPSA) is 127 Å². The van der Waals surface area contributed by atoms with Gasteiger partial charge in [-0.25, -0.2) is 0 Å². The molecular formula is C8H10N6O2S. The van der Waals surface area contributed by atoms with Crippen molar-refractivity contribution in [3.05, 3.63) is 30.1 Å². The minimum atomic E-state index is -3.76. The molecule has 0 atom stereocenters. The maximum atomic E-state index is 11.9. The second-order valence-corrected chi connectivity index (χ2v) is 4.76. The van der Waals surface area contributed by atoms with Crippen LogP contribution in [-0.4, -0.2) is 28.8 Å². The van der Waals surface area contributed by atoms with E-state index in [4.69, 9.17) is 5.73 Å². The number of nitrogens with one attached hydrogen (secondary N) is 2. The van der Waals surface area contributed by atoms with E-state index in [1.165, 1.54) is 18.5 Å². The Morgan fingerprint density at radius 3 is 2.94 bits per heavy atom. The standard InChI is InChI=1S/C8H10N6O2S/c9-4-6-5-11-13-8(6)17(15,16)14-7-2-1-3-10-12-7/h1-3,5H,4,9H2,(H,11,13)(H,12,14). The zero-order chi connectivity index (χ0) is 12.3. The summed E-state index contributed by atoms with van der Waals surface area (Å²) in [6.07, 6.45) is 2.81. The van der Waals surface area contributed by atoms with Gasteiger partial charge in [0.1, 0.15) is 0 Å². The van der Waals surface area contributed by atoms with Crippen LogP contribution in [0.3, 0.4) is 0 Å². The van der Waals surface area contributed by atoms with Crippen LogP contribution >= 0.6 is 0 Å². The van der Waals surface area contributed by atoms with Crippen molar-refractivity contribution in [3.8, 4) is 0 Å². The monoisotopic (exact) mass is 254 g/mol. The van der Waals surface area contributed by atoms with Gasteiger partial charge < -0.3 is 5.73 Å². The molecule has 0 aliphatic rings. The number of nitrogens with zero attached hydrogens (tertiary/aromatic N) is 3. The molecule has 0 radical (unpaired) electrons. The number of aromatic amines is 1. The molecule has 2 rings (SSSR count). The minimum absolute atomic E-state index is 0.0642. The first kappa shape index (κ1) is 11.5. The molecule has 0 aromatic carbocycles. The summed E-state index contributed by atoms with van der Waals surface area (Å²) in [5, 5.41) is 13.2. The molecule has 0 aliphatic carbocycles. The van der Waals surface area contributed by atoms with Gasteiger partial charge in [0, 0.05) is 18.3 Å². The van der Waals surface area contributed by atoms with Crippen LogP contribution in [0.2, 0.25) is 0 Å². The van der Waals surface area contributed by atoms with Crippen LogP contribution < -0.4 is 10.5 Å². The van der Waals surface area contributed by atoms with Gasteiger partial charge in [-0.05, 0) is 12.1 Å². The Morgan fingerprint density at radius 2 is 2.29 bits per heavy atom. The third kappa shape index (κ3) is 2.40. The first-order valence-corrected chi connectivity index (χ1v) is 6.14. The molecule has 4 N–H and O–H groups in total. The Balaban J connectivity index is 2.32. The number of aromatic nitrogens is 4. The molecule has 0 saturated heterocycles. The predicted molar refractivity (Wildman–Crippen MR) is 59.3 cm³/mol. The normalized spacial score (nSPS) is 11.4. The lowest BCUT2D eigenvalue weighted by molar-refractivity contribution is 0.595. The van der Waals surface area contributed by atoms with E-state index in [9.17, 15) is 8.42 Å². The Bertz CT molecular complexity index is 593. The number of anilines is 1. The second-order valence-electron chi connectivity index (χ2n) is 3.14. The quantitative estimate of drug-likeness (QED) is 0.672. The summed E-state index contributed by atoms with van der Waals surface area (Å²) < 4.78 is 26.1. The second kappa shape index (κ2) is 4.47. The van der Waals surface area contributed by atoms with Crippen molar-refractivity contribution in [2.24, 2.45) is 5.73 Å². The number of hydrogen-bond acceptors (Lipinski definition) is 6. The summed E-state index contributed by atoms with van der Waals surface area (Å²) in [6.45, 7) is 0.0766. The zero-order valence-corrected chi connectivity index (χ0v) is 9.48. The molecule has 0 bridgehead atoms. The Morgan fingerprint density at radius 1 is 1.47 bits per heavy atom. The third-order valence-electron chi connectivity index (χ3n) is 1.98. The molecule has 17 heavy (non-hydrogen) atoms. The van der Waals surface area contributed by atoms with Gasteiger partial charge in [0.2, 0.25) is 0 Å². The van der Waals surface area contributed by atoms with E-state index >= 15 is 0 Å². The number of H-pyrrole nitrogens is 1. The minimum Gasteiger partial charge on any atom is -0.326 e. The fourth-order valence-corrected chi connectivity index (χ4v) is 2.36. The van der Waals surface area contributed by atoms with Crippen molar-refractivity contribution in [1.29, 1.82) is 0 Å². The maximum absolute atomic E-state index is 11.9. The van der Waals surface area contributed by atoms with Crippen LogP contribution in [0.1, 0.15) is 5.56 Å². The average Bonchev–Trinajstić information content (AvgIpc) is 2.78. The maximum Gasteiger partial charge on any atom is 0.280 e. The fourth-order valence-electron chi connectivity index (χ4n) is 1.22. The van der Waals surface area contributed by atoms with E-state index < -0.39 is 10.0 Å². The van der Waals surface area contributed by atoms with Crippen LogP contribution in [0.25, 0.3) is 0 Å². The molecule has 0 amide bonds. The summed E-state index contributed by atoms with van der Waals surface area (Å²) in [4.78, 5) is 0. The van der Waals surface area contributed by atoms with Crippen molar-refractivity contribution >= 4 is 15.8 Å². The lowest BCUT2D eigenvalue weighted by atomic mass is 10.4. The Kier molecular flexibility index (Phi) is 3.02. The van der Waals surface area contributed by atoms with E-state index in [2.05, 4.69) is 25.1 Å². The zero-order valence-electron chi connectivity index (χ0n) is 8.66. The van der Waals surface area contributed by atoms with E-state index in [0.29, 0.717) is 5.56 Å². The molecule has 2 aromatic heterocycles. The molecule has 0 fully saturated rings. The highest BCUT2D eigenvalue weighted by Crippen LogP contribution is 2.14. The van der Waals surface area contributed by atoms with Gasteiger partial charge in [0.25, 0.3) is 10.0 Å². The van der Waals surface area contributed by atoms with Crippen LogP contribution in [0.4, 0.5) is 5.82 Å². The smallest absolute Gasteiger partial charge is 0.280 e. The van der Waals surface area contributed by atoms with Crippen LogP contribution in [-0.2, 0) is 16.6 Å². The molecule has 2 aromatic rings. The summed E-state index contributed by atoms with van der Waals surface area (Å²) >= 11 is 0. The number of rotatable bonds is 4.